The predicted octanol–water partition coefficient (Wildman–Crippen LogP) is 3.79. The number of thiazole rings is 1. The number of aryl methyl sites for hydroxylation is 1. The first kappa shape index (κ1) is 21.3. The molecule has 3 aliphatic rings. The number of anilines is 1. The van der Waals surface area contributed by atoms with E-state index < -0.39 is 0 Å². The van der Waals surface area contributed by atoms with Gasteiger partial charge in [0, 0.05) is 18.0 Å². The number of rotatable bonds is 4. The van der Waals surface area contributed by atoms with Crippen LogP contribution in [0.1, 0.15) is 35.2 Å². The number of nitrogen functional groups attached to an aromatic ring is 1. The van der Waals surface area contributed by atoms with E-state index in [1.807, 2.05) is 25.2 Å². The minimum atomic E-state index is -0.309. The van der Waals surface area contributed by atoms with Gasteiger partial charge in [0.05, 0.1) is 50.3 Å². The van der Waals surface area contributed by atoms with Gasteiger partial charge in [-0.25, -0.2) is 15.0 Å². The highest BCUT2D eigenvalue weighted by atomic mass is 32.1. The average molecular weight is 498 g/mol. The second-order valence-corrected chi connectivity index (χ2v) is 10.9. The lowest BCUT2D eigenvalue weighted by atomic mass is 9.44. The Labute approximate surface area is 209 Å². The van der Waals surface area contributed by atoms with E-state index in [1.54, 1.807) is 45.9 Å². The lowest BCUT2D eigenvalue weighted by molar-refractivity contribution is -0.169. The zero-order valence-corrected chi connectivity index (χ0v) is 20.4. The number of nitrogens with one attached hydrogen (secondary N) is 1. The maximum absolute atomic E-state index is 13.8. The number of aromatic nitrogens is 4. The van der Waals surface area contributed by atoms with Crippen LogP contribution in [0.2, 0.25) is 0 Å². The molecule has 180 valence electrons. The van der Waals surface area contributed by atoms with Gasteiger partial charge in [0.25, 0.3) is 5.91 Å². The molecule has 2 aromatic carbocycles. The Kier molecular flexibility index (Phi) is 4.41. The molecule has 8 rings (SSSR count). The fourth-order valence-corrected chi connectivity index (χ4v) is 6.33. The number of hydrogen-bond acceptors (Lipinski definition) is 7. The predicted molar refractivity (Wildman–Crippen MR) is 138 cm³/mol. The summed E-state index contributed by atoms with van der Waals surface area (Å²) in [6, 6.07) is 11.2. The monoisotopic (exact) mass is 497 g/mol. The fourth-order valence-electron chi connectivity index (χ4n) is 5.59. The summed E-state index contributed by atoms with van der Waals surface area (Å²) < 4.78 is 2.77. The molecular formula is C26H23N7O2S. The number of benzene rings is 2. The Morgan fingerprint density at radius 3 is 2.75 bits per heavy atom. The average Bonchev–Trinajstić information content (AvgIpc) is 3.43. The van der Waals surface area contributed by atoms with Gasteiger partial charge in [0.15, 0.2) is 0 Å². The van der Waals surface area contributed by atoms with Crippen LogP contribution in [0.5, 0.6) is 0 Å². The van der Waals surface area contributed by atoms with E-state index in [-0.39, 0.29) is 23.8 Å². The van der Waals surface area contributed by atoms with Gasteiger partial charge >= 0.3 is 0 Å². The Hall–Kier alpha value is -4.05. The number of hydrogen-bond donors (Lipinski definition) is 2. The van der Waals surface area contributed by atoms with E-state index in [2.05, 4.69) is 20.5 Å². The zero-order valence-electron chi connectivity index (χ0n) is 19.6. The second-order valence-electron chi connectivity index (χ2n) is 10.0. The summed E-state index contributed by atoms with van der Waals surface area (Å²) in [6.45, 7) is 0.247. The van der Waals surface area contributed by atoms with E-state index in [4.69, 9.17) is 5.73 Å². The Bertz CT molecular complexity index is 1710. The summed E-state index contributed by atoms with van der Waals surface area (Å²) in [5, 5.41) is 7.28. The minimum Gasteiger partial charge on any atom is -0.383 e. The van der Waals surface area contributed by atoms with Gasteiger partial charge in [-0.2, -0.15) is 5.10 Å². The summed E-state index contributed by atoms with van der Waals surface area (Å²) >= 11 is 1.55. The molecule has 0 atom stereocenters. The van der Waals surface area contributed by atoms with Crippen LogP contribution in [0.3, 0.4) is 0 Å². The van der Waals surface area contributed by atoms with Gasteiger partial charge in [0.1, 0.15) is 5.82 Å². The molecule has 3 aromatic heterocycles. The summed E-state index contributed by atoms with van der Waals surface area (Å²) in [6.07, 6.45) is 4.41. The van der Waals surface area contributed by atoms with Gasteiger partial charge in [-0.3, -0.25) is 19.7 Å². The van der Waals surface area contributed by atoms with Crippen molar-refractivity contribution in [3.8, 4) is 0 Å². The van der Waals surface area contributed by atoms with E-state index in [0.717, 1.165) is 51.3 Å². The summed E-state index contributed by atoms with van der Waals surface area (Å²) in [7, 11) is 1.83. The standard InChI is InChI=1S/C26H23N7O2S/c1-32-22-17-7-16(3-5-19(17)30-23(27)18(22)11-29-32)24(34)33(31-25(35)26-8-15(9-26)10-26)12-14-2-4-20-21(6-14)36-13-28-20/h2-7,11,13,15H,8-10,12H2,1H3,(H2,27,30)(H,31,35). The highest BCUT2D eigenvalue weighted by Crippen LogP contribution is 2.64. The fraction of sp³-hybridized carbons (Fsp3) is 0.269. The summed E-state index contributed by atoms with van der Waals surface area (Å²) in [5.74, 6) is 0.709. The largest absolute Gasteiger partial charge is 0.383 e. The van der Waals surface area contributed by atoms with Crippen molar-refractivity contribution < 1.29 is 9.59 Å². The van der Waals surface area contributed by atoms with Crippen LogP contribution in [0.4, 0.5) is 5.82 Å². The molecule has 0 unspecified atom stereocenters. The molecule has 10 heteroatoms. The molecule has 9 nitrogen and oxygen atoms in total. The van der Waals surface area contributed by atoms with Crippen molar-refractivity contribution in [2.24, 2.45) is 18.4 Å². The molecular weight excluding hydrogens is 474 g/mol. The maximum Gasteiger partial charge on any atom is 0.272 e. The highest BCUT2D eigenvalue weighted by Gasteiger charge is 2.61. The molecule has 5 aromatic rings. The molecule has 0 aliphatic heterocycles. The Balaban J connectivity index is 1.27. The topological polar surface area (TPSA) is 119 Å². The molecule has 0 radical (unpaired) electrons. The lowest BCUT2D eigenvalue weighted by Gasteiger charge is -2.60. The van der Waals surface area contributed by atoms with Crippen LogP contribution in [0.15, 0.2) is 48.1 Å². The maximum atomic E-state index is 13.8. The summed E-state index contributed by atoms with van der Waals surface area (Å²) in [4.78, 5) is 35.8. The third-order valence-electron chi connectivity index (χ3n) is 7.69. The second kappa shape index (κ2) is 7.47. The molecule has 2 bridgehead atoms. The molecule has 2 amide bonds. The normalized spacial score (nSPS) is 20.3. The number of carbonyl (C=O) groups excluding carboxylic acids is 2. The Morgan fingerprint density at radius 2 is 1.97 bits per heavy atom. The van der Waals surface area contributed by atoms with Crippen LogP contribution < -0.4 is 11.2 Å². The quantitative estimate of drug-likeness (QED) is 0.365. The van der Waals surface area contributed by atoms with Crippen LogP contribution in [0.25, 0.3) is 32.0 Å². The SMILES string of the molecule is Cn1ncc2c(N)nc3ccc(C(=O)N(Cc4ccc5ncsc5c4)NC(=O)C45CC(C4)C5)cc3c21. The minimum absolute atomic E-state index is 0.0681. The number of carbonyl (C=O) groups is 2. The third-order valence-corrected chi connectivity index (χ3v) is 8.48. The number of amides is 2. The van der Waals surface area contributed by atoms with Crippen LogP contribution in [0, 0.1) is 11.3 Å². The van der Waals surface area contributed by atoms with Crippen molar-refractivity contribution in [1.29, 1.82) is 0 Å². The highest BCUT2D eigenvalue weighted by molar-refractivity contribution is 7.16. The molecule has 3 heterocycles. The molecule has 36 heavy (non-hydrogen) atoms. The first-order chi connectivity index (χ1) is 17.4. The van der Waals surface area contributed by atoms with E-state index in [0.29, 0.717) is 22.8 Å². The smallest absolute Gasteiger partial charge is 0.272 e. The van der Waals surface area contributed by atoms with Crippen molar-refractivity contribution in [2.45, 2.75) is 25.8 Å². The third kappa shape index (κ3) is 3.10. The van der Waals surface area contributed by atoms with Crippen LogP contribution >= 0.6 is 11.3 Å². The van der Waals surface area contributed by atoms with Crippen molar-refractivity contribution in [3.63, 3.8) is 0 Å². The van der Waals surface area contributed by atoms with E-state index >= 15 is 0 Å². The molecule has 3 N–H and O–H groups in total. The van der Waals surface area contributed by atoms with Crippen molar-refractivity contribution >= 4 is 61.0 Å². The lowest BCUT2D eigenvalue weighted by Crippen LogP contribution is -2.63. The molecule has 3 saturated carbocycles. The first-order valence-corrected chi connectivity index (χ1v) is 12.7. The van der Waals surface area contributed by atoms with E-state index in [9.17, 15) is 9.59 Å². The van der Waals surface area contributed by atoms with Gasteiger partial charge in [-0.05, 0) is 61.1 Å². The zero-order chi connectivity index (χ0) is 24.6. The van der Waals surface area contributed by atoms with Crippen LogP contribution in [-0.4, -0.2) is 36.6 Å². The van der Waals surface area contributed by atoms with Crippen molar-refractivity contribution in [1.82, 2.24) is 30.2 Å². The summed E-state index contributed by atoms with van der Waals surface area (Å²) in [5.41, 5.74) is 14.4. The number of pyridine rings is 1. The number of hydrazine groups is 1. The molecule has 0 saturated heterocycles. The van der Waals surface area contributed by atoms with Gasteiger partial charge in [-0.1, -0.05) is 6.07 Å². The molecule has 0 spiro atoms. The molecule has 3 aliphatic carbocycles. The van der Waals surface area contributed by atoms with Crippen molar-refractivity contribution in [3.05, 3.63) is 59.2 Å². The molecule has 3 fully saturated rings. The number of fused-ring (bicyclic) bond motifs is 4. The Morgan fingerprint density at radius 1 is 1.17 bits per heavy atom. The first-order valence-electron chi connectivity index (χ1n) is 11.9. The van der Waals surface area contributed by atoms with Gasteiger partial charge in [0.2, 0.25) is 5.91 Å². The van der Waals surface area contributed by atoms with Crippen molar-refractivity contribution in [2.75, 3.05) is 5.73 Å². The number of nitrogens with zero attached hydrogens (tertiary/aromatic N) is 5. The number of nitrogens with two attached hydrogens (primary N) is 1. The van der Waals surface area contributed by atoms with E-state index in [1.165, 1.54) is 5.01 Å². The van der Waals surface area contributed by atoms with Gasteiger partial charge < -0.3 is 5.73 Å². The van der Waals surface area contributed by atoms with Gasteiger partial charge in [-0.15, -0.1) is 11.3 Å². The van der Waals surface area contributed by atoms with Crippen LogP contribution in [-0.2, 0) is 18.4 Å².